The minimum Gasteiger partial charge on any atom is -0.485 e. The zero-order valence-corrected chi connectivity index (χ0v) is 15.5. The Morgan fingerprint density at radius 2 is 1.96 bits per heavy atom. The van der Waals surface area contributed by atoms with Gasteiger partial charge in [0, 0.05) is 0 Å². The van der Waals surface area contributed by atoms with Gasteiger partial charge in [0.1, 0.15) is 24.1 Å². The highest BCUT2D eigenvalue weighted by molar-refractivity contribution is 7.86. The number of nitrogens with zero attached hydrogens (tertiary/aromatic N) is 1. The van der Waals surface area contributed by atoms with Crippen molar-refractivity contribution in [1.29, 1.82) is 0 Å². The molecule has 7 heteroatoms. The summed E-state index contributed by atoms with van der Waals surface area (Å²) in [6, 6.07) is 10.6. The third-order valence-corrected chi connectivity index (χ3v) is 5.84. The summed E-state index contributed by atoms with van der Waals surface area (Å²) in [6.07, 6.45) is 1.17. The van der Waals surface area contributed by atoms with Crippen LogP contribution < -0.4 is 4.74 Å². The van der Waals surface area contributed by atoms with Crippen molar-refractivity contribution in [3.05, 3.63) is 53.3 Å². The summed E-state index contributed by atoms with van der Waals surface area (Å²) < 4.78 is 36.0. The molecule has 136 valence electrons. The summed E-state index contributed by atoms with van der Waals surface area (Å²) in [5.41, 5.74) is 3.78. The van der Waals surface area contributed by atoms with E-state index in [1.807, 2.05) is 26.0 Å². The molecule has 1 unspecified atom stereocenters. The Morgan fingerprint density at radius 1 is 1.19 bits per heavy atom. The number of nitrogens with one attached hydrogen (secondary N) is 1. The van der Waals surface area contributed by atoms with Gasteiger partial charge in [0.25, 0.3) is 10.1 Å². The highest BCUT2D eigenvalue weighted by Gasteiger charge is 2.26. The fourth-order valence-corrected chi connectivity index (χ4v) is 4.08. The number of H-pyrrole nitrogens is 1. The van der Waals surface area contributed by atoms with Gasteiger partial charge in [0.2, 0.25) is 0 Å². The van der Waals surface area contributed by atoms with E-state index in [1.54, 1.807) is 24.3 Å². The lowest BCUT2D eigenvalue weighted by molar-refractivity contribution is 0.114. The first-order chi connectivity index (χ1) is 12.4. The second kappa shape index (κ2) is 6.41. The van der Waals surface area contributed by atoms with Crippen LogP contribution in [0, 0.1) is 13.8 Å². The van der Waals surface area contributed by atoms with Crippen LogP contribution in [0.15, 0.2) is 41.3 Å². The monoisotopic (exact) mass is 372 g/mol. The molecule has 0 aliphatic carbocycles. The highest BCUT2D eigenvalue weighted by atomic mass is 32.2. The number of fused-ring (bicyclic) bond motifs is 3. The number of aromatic nitrogens is 2. The van der Waals surface area contributed by atoms with Gasteiger partial charge >= 0.3 is 0 Å². The largest absolute Gasteiger partial charge is 0.485 e. The van der Waals surface area contributed by atoms with Gasteiger partial charge in [-0.05, 0) is 50.5 Å². The van der Waals surface area contributed by atoms with E-state index in [0.717, 1.165) is 40.2 Å². The molecular weight excluding hydrogens is 352 g/mol. The molecular formula is C19H20N2O4S. The average molecular weight is 372 g/mol. The Labute approximate surface area is 152 Å². The molecule has 1 N–H and O–H groups in total. The zero-order valence-electron chi connectivity index (χ0n) is 14.7. The summed E-state index contributed by atoms with van der Waals surface area (Å²) >= 11 is 0. The zero-order chi connectivity index (χ0) is 18.3. The Hall–Kier alpha value is -2.38. The topological polar surface area (TPSA) is 81.3 Å². The maximum atomic E-state index is 12.4. The lowest BCUT2D eigenvalue weighted by Gasteiger charge is -2.25. The molecule has 1 aromatic heterocycles. The number of benzene rings is 2. The smallest absolute Gasteiger partial charge is 0.297 e. The van der Waals surface area contributed by atoms with Crippen LogP contribution in [0.5, 0.6) is 5.75 Å². The van der Waals surface area contributed by atoms with Crippen LogP contribution in [0.2, 0.25) is 0 Å². The first-order valence-corrected chi connectivity index (χ1v) is 9.94. The molecule has 0 amide bonds. The van der Waals surface area contributed by atoms with Crippen LogP contribution in [0.4, 0.5) is 0 Å². The number of aromatic amines is 1. The van der Waals surface area contributed by atoms with Crippen LogP contribution in [0.25, 0.3) is 11.0 Å². The van der Waals surface area contributed by atoms with Crippen molar-refractivity contribution in [3.8, 4) is 5.75 Å². The molecule has 6 nitrogen and oxygen atoms in total. The number of ether oxygens (including phenoxy) is 1. The van der Waals surface area contributed by atoms with Crippen LogP contribution in [0.3, 0.4) is 0 Å². The van der Waals surface area contributed by atoms with Crippen LogP contribution >= 0.6 is 0 Å². The van der Waals surface area contributed by atoms with Gasteiger partial charge in [-0.25, -0.2) is 4.98 Å². The van der Waals surface area contributed by atoms with Gasteiger partial charge in [-0.15, -0.1) is 0 Å². The van der Waals surface area contributed by atoms with E-state index in [1.165, 1.54) is 0 Å². The summed E-state index contributed by atoms with van der Waals surface area (Å²) in [7, 11) is -3.79. The molecule has 0 bridgehead atoms. The molecule has 0 saturated heterocycles. The van der Waals surface area contributed by atoms with Crippen molar-refractivity contribution in [2.45, 2.75) is 37.7 Å². The molecule has 1 atom stereocenters. The molecule has 1 aliphatic rings. The number of imidazole rings is 1. The Morgan fingerprint density at radius 3 is 2.73 bits per heavy atom. The predicted molar refractivity (Wildman–Crippen MR) is 97.9 cm³/mol. The van der Waals surface area contributed by atoms with E-state index in [-0.39, 0.29) is 17.6 Å². The summed E-state index contributed by atoms with van der Waals surface area (Å²) in [5, 5.41) is 0. The van der Waals surface area contributed by atoms with Crippen molar-refractivity contribution >= 4 is 21.2 Å². The second-order valence-electron chi connectivity index (χ2n) is 6.60. The highest BCUT2D eigenvalue weighted by Crippen LogP contribution is 2.34. The third-order valence-electron chi connectivity index (χ3n) is 4.55. The molecule has 3 aromatic rings. The first kappa shape index (κ1) is 17.1. The lowest BCUT2D eigenvalue weighted by atomic mass is 10.0. The number of aryl methyl sites for hydroxylation is 3. The van der Waals surface area contributed by atoms with Crippen LogP contribution in [-0.4, -0.2) is 31.1 Å². The maximum Gasteiger partial charge on any atom is 0.297 e. The molecule has 2 aromatic carbocycles. The third kappa shape index (κ3) is 3.20. The molecule has 26 heavy (non-hydrogen) atoms. The second-order valence-corrected chi connectivity index (χ2v) is 8.22. The van der Waals surface area contributed by atoms with E-state index in [9.17, 15) is 8.42 Å². The van der Waals surface area contributed by atoms with Crippen molar-refractivity contribution in [3.63, 3.8) is 0 Å². The van der Waals surface area contributed by atoms with Gasteiger partial charge in [-0.3, -0.25) is 4.18 Å². The quantitative estimate of drug-likeness (QED) is 0.711. The van der Waals surface area contributed by atoms with E-state index in [2.05, 4.69) is 9.97 Å². The van der Waals surface area contributed by atoms with Gasteiger partial charge in [0.05, 0.1) is 10.4 Å². The molecule has 0 radical (unpaired) electrons. The number of hydrogen-bond donors (Lipinski definition) is 1. The SMILES string of the molecule is Cc1ccc(S(=O)(=O)OCC2CCc3ccc4[nH]c(C)nc4c3O2)cc1. The van der Waals surface area contributed by atoms with Crippen LogP contribution in [-0.2, 0) is 20.7 Å². The predicted octanol–water partition coefficient (Wildman–Crippen LogP) is 3.28. The Kier molecular flexibility index (Phi) is 4.20. The fourth-order valence-electron chi connectivity index (χ4n) is 3.14. The summed E-state index contributed by atoms with van der Waals surface area (Å²) in [4.78, 5) is 7.83. The van der Waals surface area contributed by atoms with Gasteiger partial charge in [-0.2, -0.15) is 8.42 Å². The lowest BCUT2D eigenvalue weighted by Crippen LogP contribution is -2.29. The minimum absolute atomic E-state index is 0.0184. The molecule has 1 aliphatic heterocycles. The molecule has 0 fully saturated rings. The van der Waals surface area contributed by atoms with Gasteiger partial charge < -0.3 is 9.72 Å². The minimum atomic E-state index is -3.79. The number of rotatable bonds is 4. The Balaban J connectivity index is 1.51. The van der Waals surface area contributed by atoms with Crippen molar-refractivity contribution < 1.29 is 17.3 Å². The van der Waals surface area contributed by atoms with Gasteiger partial charge in [0.15, 0.2) is 5.75 Å². The molecule has 4 rings (SSSR count). The molecule has 2 heterocycles. The van der Waals surface area contributed by atoms with Crippen molar-refractivity contribution in [2.24, 2.45) is 0 Å². The van der Waals surface area contributed by atoms with Crippen molar-refractivity contribution in [2.75, 3.05) is 6.61 Å². The standard InChI is InChI=1S/C19H20N2O4S/c1-12-3-8-16(9-4-12)26(22,23)24-11-15-7-5-14-6-10-17-18(19(14)25-15)21-13(2)20-17/h3-4,6,8-10,15H,5,7,11H2,1-2H3,(H,20,21). The van der Waals surface area contributed by atoms with E-state index >= 15 is 0 Å². The van der Waals surface area contributed by atoms with E-state index < -0.39 is 10.1 Å². The molecule has 0 spiro atoms. The summed E-state index contributed by atoms with van der Waals surface area (Å²) in [5.74, 6) is 1.54. The number of hydrogen-bond acceptors (Lipinski definition) is 5. The van der Waals surface area contributed by atoms with Gasteiger partial charge in [-0.1, -0.05) is 23.8 Å². The van der Waals surface area contributed by atoms with Crippen molar-refractivity contribution in [1.82, 2.24) is 9.97 Å². The fraction of sp³-hybridized carbons (Fsp3) is 0.316. The first-order valence-electron chi connectivity index (χ1n) is 8.53. The van der Waals surface area contributed by atoms with Crippen LogP contribution in [0.1, 0.15) is 23.4 Å². The Bertz CT molecular complexity index is 1060. The van der Waals surface area contributed by atoms with E-state index in [4.69, 9.17) is 8.92 Å². The van der Waals surface area contributed by atoms with E-state index in [0.29, 0.717) is 6.42 Å². The summed E-state index contributed by atoms with van der Waals surface area (Å²) in [6.45, 7) is 3.78. The maximum absolute atomic E-state index is 12.4. The molecule has 0 saturated carbocycles. The average Bonchev–Trinajstić information content (AvgIpc) is 3.01. The normalized spacial score (nSPS) is 17.1.